The van der Waals surface area contributed by atoms with E-state index < -0.39 is 0 Å². The molecule has 1 N–H and O–H groups in total. The van der Waals surface area contributed by atoms with Crippen LogP contribution in [0.25, 0.3) is 0 Å². The summed E-state index contributed by atoms with van der Waals surface area (Å²) in [5, 5.41) is 3.10. The van der Waals surface area contributed by atoms with Gasteiger partial charge in [0, 0.05) is 32.1 Å². The summed E-state index contributed by atoms with van der Waals surface area (Å²) in [4.78, 5) is 41.7. The van der Waals surface area contributed by atoms with E-state index in [0.717, 1.165) is 24.0 Å². The molecule has 2 aliphatic rings. The standard InChI is InChI=1S/C26H31N3O3/c1-19(21-10-6-3-7-11-21)29-18-22(17-25(29)31)26(32)28-14-12-23(13-15-28)27-24(30)16-20-8-4-2-5-9-20/h2-11,19,22-23H,12-18H2,1H3,(H,27,30). The average molecular weight is 434 g/mol. The Morgan fingerprint density at radius 2 is 1.62 bits per heavy atom. The quantitative estimate of drug-likeness (QED) is 0.762. The summed E-state index contributed by atoms with van der Waals surface area (Å²) in [5.41, 5.74) is 2.08. The highest BCUT2D eigenvalue weighted by Gasteiger charge is 2.39. The van der Waals surface area contributed by atoms with Gasteiger partial charge in [0.15, 0.2) is 0 Å². The van der Waals surface area contributed by atoms with E-state index in [2.05, 4.69) is 5.32 Å². The summed E-state index contributed by atoms with van der Waals surface area (Å²) in [7, 11) is 0. The average Bonchev–Trinajstić information content (AvgIpc) is 3.21. The normalized spacial score (nSPS) is 20.3. The van der Waals surface area contributed by atoms with Gasteiger partial charge in [-0.05, 0) is 30.9 Å². The SMILES string of the molecule is CC(c1ccccc1)N1CC(C(=O)N2CCC(NC(=O)Cc3ccccc3)CC2)CC1=O. The summed E-state index contributed by atoms with van der Waals surface area (Å²) in [6.45, 7) is 3.73. The van der Waals surface area contributed by atoms with E-state index in [1.807, 2.05) is 77.4 Å². The van der Waals surface area contributed by atoms with Crippen LogP contribution in [0.5, 0.6) is 0 Å². The summed E-state index contributed by atoms with van der Waals surface area (Å²) >= 11 is 0. The van der Waals surface area contributed by atoms with Crippen molar-refractivity contribution >= 4 is 17.7 Å². The third kappa shape index (κ3) is 5.18. The molecule has 2 aromatic rings. The maximum Gasteiger partial charge on any atom is 0.227 e. The van der Waals surface area contributed by atoms with Crippen molar-refractivity contribution in [3.05, 3.63) is 71.8 Å². The molecule has 0 saturated carbocycles. The highest BCUT2D eigenvalue weighted by Crippen LogP contribution is 2.30. The second-order valence-corrected chi connectivity index (χ2v) is 8.86. The van der Waals surface area contributed by atoms with Crippen LogP contribution in [0.15, 0.2) is 60.7 Å². The Morgan fingerprint density at radius 3 is 2.28 bits per heavy atom. The number of nitrogens with zero attached hydrogens (tertiary/aromatic N) is 2. The van der Waals surface area contributed by atoms with Gasteiger partial charge in [0.2, 0.25) is 17.7 Å². The zero-order chi connectivity index (χ0) is 22.5. The first kappa shape index (κ1) is 22.1. The minimum absolute atomic E-state index is 0.0212. The molecule has 2 aromatic carbocycles. The molecule has 2 saturated heterocycles. The molecular weight excluding hydrogens is 402 g/mol. The van der Waals surface area contributed by atoms with Gasteiger partial charge in [-0.3, -0.25) is 14.4 Å². The van der Waals surface area contributed by atoms with Crippen molar-refractivity contribution in [3.8, 4) is 0 Å². The van der Waals surface area contributed by atoms with E-state index >= 15 is 0 Å². The monoisotopic (exact) mass is 433 g/mol. The molecule has 0 aliphatic carbocycles. The molecule has 168 valence electrons. The number of likely N-dealkylation sites (tertiary alicyclic amines) is 2. The molecule has 6 nitrogen and oxygen atoms in total. The van der Waals surface area contributed by atoms with E-state index in [1.165, 1.54) is 0 Å². The fraction of sp³-hybridized carbons (Fsp3) is 0.423. The van der Waals surface area contributed by atoms with Crippen molar-refractivity contribution in [1.82, 2.24) is 15.1 Å². The third-order valence-corrected chi connectivity index (χ3v) is 6.64. The van der Waals surface area contributed by atoms with Gasteiger partial charge in [0.25, 0.3) is 0 Å². The van der Waals surface area contributed by atoms with Crippen LogP contribution in [0.3, 0.4) is 0 Å². The van der Waals surface area contributed by atoms with Gasteiger partial charge < -0.3 is 15.1 Å². The highest BCUT2D eigenvalue weighted by atomic mass is 16.2. The number of amides is 3. The topological polar surface area (TPSA) is 69.7 Å². The fourth-order valence-electron chi connectivity index (χ4n) is 4.75. The maximum absolute atomic E-state index is 13.1. The van der Waals surface area contributed by atoms with E-state index in [1.54, 1.807) is 0 Å². The lowest BCUT2D eigenvalue weighted by atomic mass is 10.0. The first-order chi connectivity index (χ1) is 15.5. The summed E-state index contributed by atoms with van der Waals surface area (Å²) in [6, 6.07) is 19.7. The van der Waals surface area contributed by atoms with Gasteiger partial charge >= 0.3 is 0 Å². The first-order valence-electron chi connectivity index (χ1n) is 11.5. The number of benzene rings is 2. The van der Waals surface area contributed by atoms with Crippen LogP contribution < -0.4 is 5.32 Å². The molecule has 6 heteroatoms. The smallest absolute Gasteiger partial charge is 0.227 e. The van der Waals surface area contributed by atoms with Gasteiger partial charge in [-0.25, -0.2) is 0 Å². The molecule has 2 fully saturated rings. The lowest BCUT2D eigenvalue weighted by Crippen LogP contribution is -2.48. The summed E-state index contributed by atoms with van der Waals surface area (Å²) < 4.78 is 0. The van der Waals surface area contributed by atoms with Crippen molar-refractivity contribution in [2.45, 2.75) is 44.7 Å². The number of carbonyl (C=O) groups excluding carboxylic acids is 3. The second kappa shape index (κ2) is 9.98. The van der Waals surface area contributed by atoms with Gasteiger partial charge in [-0.1, -0.05) is 60.7 Å². The van der Waals surface area contributed by atoms with Gasteiger partial charge in [-0.15, -0.1) is 0 Å². The Kier molecular flexibility index (Phi) is 6.88. The van der Waals surface area contributed by atoms with Crippen molar-refractivity contribution < 1.29 is 14.4 Å². The number of piperidine rings is 1. The van der Waals surface area contributed by atoms with Crippen LogP contribution in [0, 0.1) is 5.92 Å². The molecule has 2 unspecified atom stereocenters. The Hall–Kier alpha value is -3.15. The van der Waals surface area contributed by atoms with Gasteiger partial charge in [-0.2, -0.15) is 0 Å². The van der Waals surface area contributed by atoms with E-state index in [4.69, 9.17) is 0 Å². The van der Waals surface area contributed by atoms with Crippen LogP contribution in [-0.2, 0) is 20.8 Å². The summed E-state index contributed by atoms with van der Waals surface area (Å²) in [6.07, 6.45) is 2.15. The number of hydrogen-bond donors (Lipinski definition) is 1. The molecule has 0 spiro atoms. The zero-order valence-corrected chi connectivity index (χ0v) is 18.6. The second-order valence-electron chi connectivity index (χ2n) is 8.86. The Bertz CT molecular complexity index is 939. The van der Waals surface area contributed by atoms with Crippen molar-refractivity contribution in [2.24, 2.45) is 5.92 Å². The van der Waals surface area contributed by atoms with Gasteiger partial charge in [0.05, 0.1) is 18.4 Å². The van der Waals surface area contributed by atoms with E-state index in [0.29, 0.717) is 26.1 Å². The van der Waals surface area contributed by atoms with E-state index in [-0.39, 0.29) is 42.1 Å². The molecule has 0 radical (unpaired) electrons. The van der Waals surface area contributed by atoms with Crippen molar-refractivity contribution in [1.29, 1.82) is 0 Å². The molecule has 2 aliphatic heterocycles. The number of nitrogens with one attached hydrogen (secondary N) is 1. The van der Waals surface area contributed by atoms with Crippen LogP contribution in [0.4, 0.5) is 0 Å². The largest absolute Gasteiger partial charge is 0.353 e. The van der Waals surface area contributed by atoms with Crippen LogP contribution in [0.2, 0.25) is 0 Å². The third-order valence-electron chi connectivity index (χ3n) is 6.64. The van der Waals surface area contributed by atoms with Gasteiger partial charge in [0.1, 0.15) is 0 Å². The molecule has 4 rings (SSSR count). The number of carbonyl (C=O) groups is 3. The predicted octanol–water partition coefficient (Wildman–Crippen LogP) is 2.95. The predicted molar refractivity (Wildman–Crippen MR) is 123 cm³/mol. The molecule has 0 bridgehead atoms. The molecule has 2 atom stereocenters. The molecule has 0 aromatic heterocycles. The number of rotatable bonds is 6. The number of hydrogen-bond acceptors (Lipinski definition) is 3. The van der Waals surface area contributed by atoms with Crippen molar-refractivity contribution in [2.75, 3.05) is 19.6 Å². The molecule has 32 heavy (non-hydrogen) atoms. The highest BCUT2D eigenvalue weighted by molar-refractivity contribution is 5.89. The summed E-state index contributed by atoms with van der Waals surface area (Å²) in [5.74, 6) is -0.149. The molecule has 2 heterocycles. The van der Waals surface area contributed by atoms with Crippen molar-refractivity contribution in [3.63, 3.8) is 0 Å². The molecule has 3 amide bonds. The lowest BCUT2D eigenvalue weighted by molar-refractivity contribution is -0.137. The first-order valence-corrected chi connectivity index (χ1v) is 11.5. The molecular formula is C26H31N3O3. The van der Waals surface area contributed by atoms with E-state index in [9.17, 15) is 14.4 Å². The van der Waals surface area contributed by atoms with Crippen LogP contribution >= 0.6 is 0 Å². The maximum atomic E-state index is 13.1. The minimum atomic E-state index is -0.280. The minimum Gasteiger partial charge on any atom is -0.353 e. The fourth-order valence-corrected chi connectivity index (χ4v) is 4.75. The lowest BCUT2D eigenvalue weighted by Gasteiger charge is -2.34. The Morgan fingerprint density at radius 1 is 1.00 bits per heavy atom. The van der Waals surface area contributed by atoms with Crippen LogP contribution in [-0.4, -0.2) is 53.2 Å². The Balaban J connectivity index is 1.25. The van der Waals surface area contributed by atoms with Crippen LogP contribution in [0.1, 0.15) is 43.4 Å². The zero-order valence-electron chi connectivity index (χ0n) is 18.6. The Labute approximate surface area is 189 Å².